The number of fused-ring (bicyclic) bond motifs is 3. The summed E-state index contributed by atoms with van der Waals surface area (Å²) in [5.41, 5.74) is 0. The molecule has 0 unspecified atom stereocenters. The third-order valence-electron chi connectivity index (χ3n) is 4.41. The number of rotatable bonds is 6. The summed E-state index contributed by atoms with van der Waals surface area (Å²) in [6, 6.07) is 13.7. The third kappa shape index (κ3) is 3.43. The predicted molar refractivity (Wildman–Crippen MR) is 127 cm³/mol. The van der Waals surface area contributed by atoms with Crippen LogP contribution < -0.4 is 0 Å². The van der Waals surface area contributed by atoms with E-state index in [4.69, 9.17) is 4.74 Å². The van der Waals surface area contributed by atoms with Gasteiger partial charge in [0.15, 0.2) is 0 Å². The van der Waals surface area contributed by atoms with Gasteiger partial charge in [-0.05, 0) is 50.2 Å². The third-order valence-corrected chi connectivity index (χ3v) is 10.7. The molecule has 138 valence electrons. The molecule has 0 aliphatic rings. The van der Waals surface area contributed by atoms with Crippen molar-refractivity contribution < 1.29 is 4.74 Å². The molecule has 5 aromatic rings. The highest BCUT2D eigenvalue weighted by Crippen LogP contribution is 2.49. The zero-order chi connectivity index (χ0) is 18.4. The van der Waals surface area contributed by atoms with Crippen LogP contribution >= 0.6 is 56.7 Å². The molecule has 0 atom stereocenters. The summed E-state index contributed by atoms with van der Waals surface area (Å²) < 4.78 is 11.3. The van der Waals surface area contributed by atoms with Crippen molar-refractivity contribution in [3.05, 3.63) is 46.2 Å². The minimum atomic E-state index is 0.795. The Morgan fingerprint density at radius 1 is 0.741 bits per heavy atom. The van der Waals surface area contributed by atoms with Gasteiger partial charge in [0, 0.05) is 51.7 Å². The molecule has 5 aromatic heterocycles. The van der Waals surface area contributed by atoms with E-state index in [2.05, 4.69) is 50.2 Å². The molecule has 0 radical (unpaired) electrons. The van der Waals surface area contributed by atoms with Gasteiger partial charge >= 0.3 is 0 Å². The van der Waals surface area contributed by atoms with E-state index in [0.717, 1.165) is 19.6 Å². The van der Waals surface area contributed by atoms with Gasteiger partial charge in [-0.1, -0.05) is 0 Å². The molecule has 5 heterocycles. The van der Waals surface area contributed by atoms with Crippen LogP contribution in [-0.2, 0) is 11.2 Å². The monoisotopic (exact) mass is 446 g/mol. The van der Waals surface area contributed by atoms with Crippen molar-refractivity contribution in [1.82, 2.24) is 0 Å². The van der Waals surface area contributed by atoms with Crippen LogP contribution in [-0.4, -0.2) is 13.2 Å². The Kier molecular flexibility index (Phi) is 4.96. The van der Waals surface area contributed by atoms with Crippen LogP contribution in [0.4, 0.5) is 0 Å². The summed E-state index contributed by atoms with van der Waals surface area (Å²) in [4.78, 5) is 8.36. The van der Waals surface area contributed by atoms with E-state index >= 15 is 0 Å². The van der Waals surface area contributed by atoms with Crippen molar-refractivity contribution in [2.75, 3.05) is 13.2 Å². The summed E-state index contributed by atoms with van der Waals surface area (Å²) in [6.45, 7) is 5.84. The topological polar surface area (TPSA) is 9.23 Å². The Bertz CT molecular complexity index is 1210. The summed E-state index contributed by atoms with van der Waals surface area (Å²) in [5.74, 6) is 0. The lowest BCUT2D eigenvalue weighted by Gasteiger charge is -1.97. The van der Waals surface area contributed by atoms with Gasteiger partial charge in [0.1, 0.15) is 0 Å². The largest absolute Gasteiger partial charge is 0.381 e. The number of ether oxygens (including phenoxy) is 1. The Morgan fingerprint density at radius 3 is 2.04 bits per heavy atom. The van der Waals surface area contributed by atoms with Gasteiger partial charge in [-0.2, -0.15) is 0 Å². The first kappa shape index (κ1) is 18.0. The van der Waals surface area contributed by atoms with Crippen LogP contribution in [0.5, 0.6) is 0 Å². The lowest BCUT2D eigenvalue weighted by Crippen LogP contribution is -1.95. The molecule has 0 saturated carbocycles. The molecule has 0 fully saturated rings. The van der Waals surface area contributed by atoms with Crippen molar-refractivity contribution >= 4 is 75.5 Å². The zero-order valence-corrected chi connectivity index (χ0v) is 19.1. The quantitative estimate of drug-likeness (QED) is 0.237. The Labute approximate surface area is 178 Å². The molecule has 27 heavy (non-hydrogen) atoms. The molecule has 1 nitrogen and oxygen atoms in total. The maximum atomic E-state index is 5.49. The van der Waals surface area contributed by atoms with Crippen LogP contribution in [0.25, 0.3) is 38.3 Å². The van der Waals surface area contributed by atoms with Crippen LogP contribution in [0.3, 0.4) is 0 Å². The first-order valence-electron chi connectivity index (χ1n) is 8.91. The highest BCUT2D eigenvalue weighted by molar-refractivity contribution is 7.41. The first-order chi connectivity index (χ1) is 13.2. The summed E-state index contributed by atoms with van der Waals surface area (Å²) in [7, 11) is 0. The SMILES string of the molecule is CCOCCc1ccc(-c2cc3sc4cc(-c5ccc(C)s5)sc4c3s2)s1. The van der Waals surface area contributed by atoms with E-state index in [9.17, 15) is 0 Å². The molecule has 0 amide bonds. The molecule has 0 spiro atoms. The van der Waals surface area contributed by atoms with E-state index in [1.165, 1.54) is 48.1 Å². The predicted octanol–water partition coefficient (Wildman–Crippen LogP) is 8.52. The average Bonchev–Trinajstić information content (AvgIpc) is 3.40. The fourth-order valence-corrected chi connectivity index (χ4v) is 9.15. The summed E-state index contributed by atoms with van der Waals surface area (Å²) in [6.07, 6.45) is 1.01. The fourth-order valence-electron chi connectivity index (χ4n) is 3.11. The second kappa shape index (κ2) is 7.43. The van der Waals surface area contributed by atoms with Gasteiger partial charge < -0.3 is 4.74 Å². The smallest absolute Gasteiger partial charge is 0.0636 e. The maximum absolute atomic E-state index is 5.49. The molecule has 0 aromatic carbocycles. The van der Waals surface area contributed by atoms with Crippen molar-refractivity contribution in [3.63, 3.8) is 0 Å². The molecular formula is C21H18OS5. The highest BCUT2D eigenvalue weighted by Gasteiger charge is 2.16. The van der Waals surface area contributed by atoms with Crippen LogP contribution in [0.1, 0.15) is 16.7 Å². The maximum Gasteiger partial charge on any atom is 0.0636 e. The number of hydrogen-bond donors (Lipinski definition) is 0. The van der Waals surface area contributed by atoms with Crippen molar-refractivity contribution in [2.24, 2.45) is 0 Å². The molecule has 0 aliphatic carbocycles. The van der Waals surface area contributed by atoms with E-state index < -0.39 is 0 Å². The molecule has 5 rings (SSSR count). The lowest BCUT2D eigenvalue weighted by atomic mass is 10.3. The molecule has 0 saturated heterocycles. The number of thiophene rings is 5. The second-order valence-corrected chi connectivity index (χ2v) is 12.0. The van der Waals surface area contributed by atoms with Crippen LogP contribution in [0.2, 0.25) is 0 Å². The minimum Gasteiger partial charge on any atom is -0.381 e. The van der Waals surface area contributed by atoms with Crippen molar-refractivity contribution in [3.8, 4) is 19.5 Å². The zero-order valence-electron chi connectivity index (χ0n) is 15.0. The van der Waals surface area contributed by atoms with E-state index in [1.807, 2.05) is 56.7 Å². The fraction of sp³-hybridized carbons (Fsp3) is 0.238. The van der Waals surface area contributed by atoms with Gasteiger partial charge in [-0.25, -0.2) is 0 Å². The normalized spacial score (nSPS) is 11.9. The Hall–Kier alpha value is -1.02. The van der Waals surface area contributed by atoms with E-state index in [-0.39, 0.29) is 0 Å². The van der Waals surface area contributed by atoms with Gasteiger partial charge in [0.25, 0.3) is 0 Å². The summed E-state index contributed by atoms with van der Waals surface area (Å²) >= 11 is 9.62. The highest BCUT2D eigenvalue weighted by atomic mass is 32.1. The molecule has 0 N–H and O–H groups in total. The summed E-state index contributed by atoms with van der Waals surface area (Å²) in [5, 5.41) is 0. The van der Waals surface area contributed by atoms with Gasteiger partial charge in [-0.15, -0.1) is 56.7 Å². The molecule has 0 bridgehead atoms. The van der Waals surface area contributed by atoms with Crippen LogP contribution in [0, 0.1) is 6.92 Å². The van der Waals surface area contributed by atoms with Gasteiger partial charge in [0.05, 0.1) is 16.0 Å². The molecule has 0 aliphatic heterocycles. The van der Waals surface area contributed by atoms with E-state index in [1.54, 1.807) is 0 Å². The van der Waals surface area contributed by atoms with Crippen LogP contribution in [0.15, 0.2) is 36.4 Å². The van der Waals surface area contributed by atoms with Gasteiger partial charge in [-0.3, -0.25) is 0 Å². The number of aryl methyl sites for hydroxylation is 1. The van der Waals surface area contributed by atoms with E-state index in [0.29, 0.717) is 0 Å². The van der Waals surface area contributed by atoms with Crippen molar-refractivity contribution in [1.29, 1.82) is 0 Å². The standard InChI is InChI=1S/C21H18OS5/c1-3-22-9-8-13-5-7-15(24-13)17-11-19-21(27-17)20-18(25-19)10-16(26-20)14-6-4-12(2)23-14/h4-7,10-11H,3,8-9H2,1-2H3. The lowest BCUT2D eigenvalue weighted by molar-refractivity contribution is 0.151. The minimum absolute atomic E-state index is 0.795. The molecule has 6 heteroatoms. The second-order valence-electron chi connectivity index (χ2n) is 6.33. The van der Waals surface area contributed by atoms with Crippen molar-refractivity contribution in [2.45, 2.75) is 20.3 Å². The molecular weight excluding hydrogens is 429 g/mol. The van der Waals surface area contributed by atoms with Gasteiger partial charge in [0.2, 0.25) is 0 Å². The average molecular weight is 447 g/mol. The number of hydrogen-bond acceptors (Lipinski definition) is 6. The Balaban J connectivity index is 1.47. The Morgan fingerprint density at radius 2 is 1.41 bits per heavy atom. The first-order valence-corrected chi connectivity index (χ1v) is 13.0.